The fraction of sp³-hybridized carbons (Fsp3) is 0.385. The molecule has 0 spiro atoms. The molecule has 6 heteroatoms. The first-order valence-electron chi connectivity index (χ1n) is 6.19. The standard InChI is InChI=1S/C13H15N3O3/c1-2-7-14-11(17)8-16-12(18)9-5-3-4-6-10(9)15-13(16)19/h3-6,9H,2,7-8H2,1H3,(H,14,17). The second kappa shape index (κ2) is 5.60. The summed E-state index contributed by atoms with van der Waals surface area (Å²) in [6.45, 7) is 2.17. The molecule has 1 aliphatic carbocycles. The number of nitrogens with one attached hydrogen (secondary N) is 1. The van der Waals surface area contributed by atoms with Crippen molar-refractivity contribution in [3.63, 3.8) is 0 Å². The third kappa shape index (κ3) is 2.78. The molecular formula is C13H15N3O3. The molecule has 1 aliphatic heterocycles. The zero-order valence-corrected chi connectivity index (χ0v) is 10.6. The normalized spacial score (nSPS) is 21.2. The number of fused-ring (bicyclic) bond motifs is 1. The molecule has 4 amide bonds. The van der Waals surface area contributed by atoms with Gasteiger partial charge in [0.05, 0.1) is 11.6 Å². The first kappa shape index (κ1) is 13.2. The highest BCUT2D eigenvalue weighted by molar-refractivity contribution is 6.22. The van der Waals surface area contributed by atoms with Crippen LogP contribution in [-0.4, -0.2) is 41.5 Å². The summed E-state index contributed by atoms with van der Waals surface area (Å²) >= 11 is 0. The molecule has 1 unspecified atom stereocenters. The van der Waals surface area contributed by atoms with Gasteiger partial charge in [0.15, 0.2) is 0 Å². The summed E-state index contributed by atoms with van der Waals surface area (Å²) in [6, 6.07) is -0.678. The molecule has 0 saturated heterocycles. The lowest BCUT2D eigenvalue weighted by atomic mass is 9.95. The Morgan fingerprint density at radius 3 is 2.95 bits per heavy atom. The van der Waals surface area contributed by atoms with E-state index < -0.39 is 17.9 Å². The highest BCUT2D eigenvalue weighted by atomic mass is 16.2. The van der Waals surface area contributed by atoms with Crippen molar-refractivity contribution in [2.24, 2.45) is 10.9 Å². The van der Waals surface area contributed by atoms with Crippen LogP contribution in [0.2, 0.25) is 0 Å². The summed E-state index contributed by atoms with van der Waals surface area (Å²) in [4.78, 5) is 40.2. The summed E-state index contributed by atoms with van der Waals surface area (Å²) < 4.78 is 0. The lowest BCUT2D eigenvalue weighted by molar-refractivity contribution is -0.134. The van der Waals surface area contributed by atoms with Crippen LogP contribution >= 0.6 is 0 Å². The molecule has 0 saturated carbocycles. The average Bonchev–Trinajstić information content (AvgIpc) is 2.41. The topological polar surface area (TPSA) is 78.8 Å². The van der Waals surface area contributed by atoms with Gasteiger partial charge in [-0.25, -0.2) is 4.79 Å². The van der Waals surface area contributed by atoms with Crippen LogP contribution < -0.4 is 5.32 Å². The van der Waals surface area contributed by atoms with E-state index >= 15 is 0 Å². The van der Waals surface area contributed by atoms with Crippen molar-refractivity contribution in [1.29, 1.82) is 0 Å². The maximum atomic E-state index is 12.1. The minimum Gasteiger partial charge on any atom is -0.355 e. The van der Waals surface area contributed by atoms with Gasteiger partial charge in [0.1, 0.15) is 6.54 Å². The van der Waals surface area contributed by atoms with Crippen molar-refractivity contribution < 1.29 is 14.4 Å². The molecule has 100 valence electrons. The first-order valence-corrected chi connectivity index (χ1v) is 6.19. The Bertz CT molecular complexity index is 505. The number of nitrogens with zero attached hydrogens (tertiary/aromatic N) is 2. The number of hydrogen-bond donors (Lipinski definition) is 1. The Balaban J connectivity index is 2.10. The molecule has 19 heavy (non-hydrogen) atoms. The predicted molar refractivity (Wildman–Crippen MR) is 69.6 cm³/mol. The van der Waals surface area contributed by atoms with Gasteiger partial charge >= 0.3 is 6.03 Å². The molecular weight excluding hydrogens is 246 g/mol. The molecule has 1 heterocycles. The van der Waals surface area contributed by atoms with E-state index in [0.29, 0.717) is 12.3 Å². The predicted octanol–water partition coefficient (Wildman–Crippen LogP) is 0.658. The number of allylic oxidation sites excluding steroid dienone is 3. The molecule has 1 N–H and O–H groups in total. The molecule has 0 aromatic rings. The maximum Gasteiger partial charge on any atom is 0.351 e. The molecule has 2 rings (SSSR count). The smallest absolute Gasteiger partial charge is 0.351 e. The Morgan fingerprint density at radius 2 is 2.21 bits per heavy atom. The molecule has 0 aromatic heterocycles. The monoisotopic (exact) mass is 261 g/mol. The van der Waals surface area contributed by atoms with E-state index in [1.54, 1.807) is 24.3 Å². The summed E-state index contributed by atoms with van der Waals surface area (Å²) in [5.74, 6) is -1.30. The first-order chi connectivity index (χ1) is 9.13. The molecule has 0 radical (unpaired) electrons. The van der Waals surface area contributed by atoms with Gasteiger partial charge < -0.3 is 5.32 Å². The largest absolute Gasteiger partial charge is 0.355 e. The zero-order chi connectivity index (χ0) is 13.8. The van der Waals surface area contributed by atoms with E-state index in [9.17, 15) is 14.4 Å². The molecule has 0 fully saturated rings. The van der Waals surface area contributed by atoms with Gasteiger partial charge in [-0.05, 0) is 12.5 Å². The summed E-state index contributed by atoms with van der Waals surface area (Å²) in [6.07, 6.45) is 7.55. The highest BCUT2D eigenvalue weighted by Crippen LogP contribution is 2.19. The van der Waals surface area contributed by atoms with E-state index in [4.69, 9.17) is 0 Å². The van der Waals surface area contributed by atoms with Crippen molar-refractivity contribution in [3.8, 4) is 0 Å². The lowest BCUT2D eigenvalue weighted by Gasteiger charge is -2.27. The van der Waals surface area contributed by atoms with E-state index in [-0.39, 0.29) is 12.5 Å². The molecule has 0 bridgehead atoms. The van der Waals surface area contributed by atoms with Gasteiger partial charge in [-0.2, -0.15) is 4.99 Å². The third-order valence-corrected chi connectivity index (χ3v) is 2.86. The summed E-state index contributed by atoms with van der Waals surface area (Å²) in [5.41, 5.74) is 0.433. The molecule has 1 atom stereocenters. The Kier molecular flexibility index (Phi) is 3.89. The Hall–Kier alpha value is -2.24. The van der Waals surface area contributed by atoms with Crippen molar-refractivity contribution in [1.82, 2.24) is 10.2 Å². The Morgan fingerprint density at radius 1 is 1.42 bits per heavy atom. The van der Waals surface area contributed by atoms with Crippen LogP contribution in [-0.2, 0) is 9.59 Å². The number of urea groups is 1. The SMILES string of the molecule is CCCNC(=O)CN1C(=O)N=C2C=CC=CC2C1=O. The van der Waals surface area contributed by atoms with Crippen LogP contribution in [0.3, 0.4) is 0 Å². The van der Waals surface area contributed by atoms with Crippen molar-refractivity contribution in [3.05, 3.63) is 24.3 Å². The van der Waals surface area contributed by atoms with Crippen molar-refractivity contribution in [2.75, 3.05) is 13.1 Å². The van der Waals surface area contributed by atoms with Gasteiger partial charge in [0, 0.05) is 6.54 Å². The number of aliphatic imine (C=N–C) groups is 1. The van der Waals surface area contributed by atoms with Crippen molar-refractivity contribution in [2.45, 2.75) is 13.3 Å². The highest BCUT2D eigenvalue weighted by Gasteiger charge is 2.36. The zero-order valence-electron chi connectivity index (χ0n) is 10.6. The molecule has 2 aliphatic rings. The van der Waals surface area contributed by atoms with Crippen LogP contribution in [0.25, 0.3) is 0 Å². The number of carbonyl (C=O) groups excluding carboxylic acids is 3. The second-order valence-electron chi connectivity index (χ2n) is 4.32. The van der Waals surface area contributed by atoms with Crippen LogP contribution in [0.15, 0.2) is 29.3 Å². The summed E-state index contributed by atoms with van der Waals surface area (Å²) in [5, 5.41) is 2.63. The number of hydrogen-bond acceptors (Lipinski definition) is 3. The fourth-order valence-electron chi connectivity index (χ4n) is 1.89. The lowest BCUT2D eigenvalue weighted by Crippen LogP contribution is -2.50. The van der Waals surface area contributed by atoms with Gasteiger partial charge in [-0.15, -0.1) is 0 Å². The number of imide groups is 1. The van der Waals surface area contributed by atoms with Gasteiger partial charge in [0.2, 0.25) is 11.8 Å². The third-order valence-electron chi connectivity index (χ3n) is 2.86. The number of rotatable bonds is 4. The van der Waals surface area contributed by atoms with E-state index in [0.717, 1.165) is 11.3 Å². The Labute approximate surface area is 110 Å². The van der Waals surface area contributed by atoms with E-state index in [2.05, 4.69) is 10.3 Å². The maximum absolute atomic E-state index is 12.1. The molecule has 0 aromatic carbocycles. The summed E-state index contributed by atoms with van der Waals surface area (Å²) in [7, 11) is 0. The number of amides is 4. The fourth-order valence-corrected chi connectivity index (χ4v) is 1.89. The quantitative estimate of drug-likeness (QED) is 0.807. The van der Waals surface area contributed by atoms with Gasteiger partial charge in [-0.1, -0.05) is 25.2 Å². The van der Waals surface area contributed by atoms with E-state index in [1.807, 2.05) is 6.92 Å². The van der Waals surface area contributed by atoms with Crippen molar-refractivity contribution >= 4 is 23.6 Å². The van der Waals surface area contributed by atoms with E-state index in [1.165, 1.54) is 0 Å². The van der Waals surface area contributed by atoms with Gasteiger partial charge in [0.25, 0.3) is 0 Å². The number of carbonyl (C=O) groups is 3. The minimum atomic E-state index is -0.678. The van der Waals surface area contributed by atoms with Crippen LogP contribution in [0.1, 0.15) is 13.3 Å². The molecule has 6 nitrogen and oxygen atoms in total. The minimum absolute atomic E-state index is 0.275. The van der Waals surface area contributed by atoms with Crippen LogP contribution in [0.4, 0.5) is 4.79 Å². The average molecular weight is 261 g/mol. The van der Waals surface area contributed by atoms with Gasteiger partial charge in [-0.3, -0.25) is 14.5 Å². The van der Waals surface area contributed by atoms with Crippen LogP contribution in [0, 0.1) is 5.92 Å². The van der Waals surface area contributed by atoms with Crippen LogP contribution in [0.5, 0.6) is 0 Å². The second-order valence-corrected chi connectivity index (χ2v) is 4.32.